The molecule has 0 aromatic rings. The summed E-state index contributed by atoms with van der Waals surface area (Å²) in [4.78, 5) is 0. The molecule has 0 aromatic carbocycles. The Morgan fingerprint density at radius 3 is 1.96 bits per heavy atom. The first-order valence-corrected chi connectivity index (χ1v) is 11.0. The summed E-state index contributed by atoms with van der Waals surface area (Å²) in [6.45, 7) is 14.8. The molecule has 146 valence electrons. The molecule has 0 N–H and O–H groups in total. The molecule has 0 aliphatic rings. The molecule has 0 amide bonds. The van der Waals surface area contributed by atoms with Crippen molar-refractivity contribution in [1.82, 2.24) is 0 Å². The summed E-state index contributed by atoms with van der Waals surface area (Å²) in [6, 6.07) is 0. The SMILES string of the molecule is C=CCC(C)CCC(=CCCCCCCCCCC)CC(C)CC=C. The number of allylic oxidation sites excluding steroid dienone is 4. The molecule has 25 heavy (non-hydrogen) atoms. The topological polar surface area (TPSA) is 0 Å². The Hall–Kier alpha value is -0.780. The molecule has 0 rings (SSSR count). The highest BCUT2D eigenvalue weighted by Gasteiger charge is 2.07. The lowest BCUT2D eigenvalue weighted by Crippen LogP contribution is -1.99. The van der Waals surface area contributed by atoms with Gasteiger partial charge in [0.1, 0.15) is 0 Å². The molecule has 0 aliphatic heterocycles. The third-order valence-electron chi connectivity index (χ3n) is 5.20. The van der Waals surface area contributed by atoms with E-state index in [0.717, 1.165) is 24.7 Å². The van der Waals surface area contributed by atoms with Gasteiger partial charge in [-0.3, -0.25) is 0 Å². The molecule has 0 aromatic heterocycles. The number of hydrogen-bond acceptors (Lipinski definition) is 0. The van der Waals surface area contributed by atoms with Gasteiger partial charge in [-0.25, -0.2) is 0 Å². The minimum absolute atomic E-state index is 0.733. The van der Waals surface area contributed by atoms with Gasteiger partial charge >= 0.3 is 0 Å². The summed E-state index contributed by atoms with van der Waals surface area (Å²) in [7, 11) is 0. The highest BCUT2D eigenvalue weighted by atomic mass is 14.1. The zero-order chi connectivity index (χ0) is 18.8. The Bertz CT molecular complexity index is 336. The molecule has 0 aliphatic carbocycles. The van der Waals surface area contributed by atoms with E-state index in [-0.39, 0.29) is 0 Å². The Kier molecular flexibility index (Phi) is 17.5. The van der Waals surface area contributed by atoms with E-state index in [1.807, 2.05) is 0 Å². The van der Waals surface area contributed by atoms with Crippen molar-refractivity contribution < 1.29 is 0 Å². The van der Waals surface area contributed by atoms with Crippen molar-refractivity contribution in [2.24, 2.45) is 11.8 Å². The van der Waals surface area contributed by atoms with Crippen molar-refractivity contribution in [3.63, 3.8) is 0 Å². The van der Waals surface area contributed by atoms with Crippen LogP contribution in [0.3, 0.4) is 0 Å². The van der Waals surface area contributed by atoms with Crippen LogP contribution in [-0.4, -0.2) is 0 Å². The first-order chi connectivity index (χ1) is 12.1. The van der Waals surface area contributed by atoms with Crippen molar-refractivity contribution in [2.75, 3.05) is 0 Å². The van der Waals surface area contributed by atoms with E-state index in [1.54, 1.807) is 5.57 Å². The van der Waals surface area contributed by atoms with Gasteiger partial charge in [-0.2, -0.15) is 0 Å². The van der Waals surface area contributed by atoms with E-state index >= 15 is 0 Å². The van der Waals surface area contributed by atoms with Gasteiger partial charge in [-0.15, -0.1) is 13.2 Å². The van der Waals surface area contributed by atoms with Crippen LogP contribution in [-0.2, 0) is 0 Å². The van der Waals surface area contributed by atoms with Gasteiger partial charge in [0.05, 0.1) is 0 Å². The van der Waals surface area contributed by atoms with Crippen molar-refractivity contribution in [2.45, 2.75) is 111 Å². The predicted octanol–water partition coefficient (Wildman–Crippen LogP) is 9.04. The average Bonchev–Trinajstić information content (AvgIpc) is 2.58. The van der Waals surface area contributed by atoms with Crippen LogP contribution >= 0.6 is 0 Å². The fraction of sp³-hybridized carbons (Fsp3) is 0.760. The quantitative estimate of drug-likeness (QED) is 0.171. The van der Waals surface area contributed by atoms with E-state index in [1.165, 1.54) is 77.0 Å². The number of hydrogen-bond donors (Lipinski definition) is 0. The smallest absolute Gasteiger partial charge is 0.0291 e. The van der Waals surface area contributed by atoms with Crippen LogP contribution in [0.2, 0.25) is 0 Å². The lowest BCUT2D eigenvalue weighted by atomic mass is 9.91. The monoisotopic (exact) mass is 346 g/mol. The highest BCUT2D eigenvalue weighted by molar-refractivity contribution is 5.04. The van der Waals surface area contributed by atoms with Crippen LogP contribution in [0, 0.1) is 11.8 Å². The van der Waals surface area contributed by atoms with E-state index in [4.69, 9.17) is 0 Å². The lowest BCUT2D eigenvalue weighted by molar-refractivity contribution is 0.510. The molecule has 0 saturated heterocycles. The van der Waals surface area contributed by atoms with Gasteiger partial charge < -0.3 is 0 Å². The molecule has 0 heterocycles. The third-order valence-corrected chi connectivity index (χ3v) is 5.20. The summed E-state index contributed by atoms with van der Waals surface area (Å²) < 4.78 is 0. The van der Waals surface area contributed by atoms with Gasteiger partial charge in [-0.05, 0) is 56.8 Å². The molecular weight excluding hydrogens is 300 g/mol. The van der Waals surface area contributed by atoms with E-state index in [9.17, 15) is 0 Å². The third kappa shape index (κ3) is 16.4. The maximum Gasteiger partial charge on any atom is -0.0291 e. The second-order valence-corrected chi connectivity index (χ2v) is 8.13. The van der Waals surface area contributed by atoms with Crippen LogP contribution in [0.25, 0.3) is 0 Å². The van der Waals surface area contributed by atoms with Crippen LogP contribution in [0.1, 0.15) is 111 Å². The van der Waals surface area contributed by atoms with Gasteiger partial charge in [0.15, 0.2) is 0 Å². The maximum absolute atomic E-state index is 3.90. The highest BCUT2D eigenvalue weighted by Crippen LogP contribution is 2.24. The Labute approximate surface area is 159 Å². The minimum Gasteiger partial charge on any atom is -0.103 e. The molecule has 0 spiro atoms. The van der Waals surface area contributed by atoms with E-state index < -0.39 is 0 Å². The Balaban J connectivity index is 4.09. The van der Waals surface area contributed by atoms with Crippen molar-refractivity contribution in [3.05, 3.63) is 37.0 Å². The van der Waals surface area contributed by atoms with E-state index in [2.05, 4.69) is 52.2 Å². The van der Waals surface area contributed by atoms with Crippen molar-refractivity contribution in [3.8, 4) is 0 Å². The molecule has 0 bridgehead atoms. The van der Waals surface area contributed by atoms with Crippen LogP contribution < -0.4 is 0 Å². The molecule has 0 nitrogen and oxygen atoms in total. The summed E-state index contributed by atoms with van der Waals surface area (Å²) in [5.41, 5.74) is 1.69. The first-order valence-electron chi connectivity index (χ1n) is 11.0. The summed E-state index contributed by atoms with van der Waals surface area (Å²) in [6.07, 6.45) is 25.4. The van der Waals surface area contributed by atoms with Crippen LogP contribution in [0.4, 0.5) is 0 Å². The second-order valence-electron chi connectivity index (χ2n) is 8.13. The first kappa shape index (κ1) is 24.2. The predicted molar refractivity (Wildman–Crippen MR) is 117 cm³/mol. The number of unbranched alkanes of at least 4 members (excludes halogenated alkanes) is 8. The summed E-state index contributed by atoms with van der Waals surface area (Å²) in [5, 5.41) is 0. The molecule has 2 atom stereocenters. The molecule has 0 radical (unpaired) electrons. The van der Waals surface area contributed by atoms with Gasteiger partial charge in [0.2, 0.25) is 0 Å². The van der Waals surface area contributed by atoms with Gasteiger partial charge in [-0.1, -0.05) is 89.5 Å². The van der Waals surface area contributed by atoms with Crippen molar-refractivity contribution in [1.29, 1.82) is 0 Å². The average molecular weight is 347 g/mol. The van der Waals surface area contributed by atoms with Crippen LogP contribution in [0.5, 0.6) is 0 Å². The normalized spacial score (nSPS) is 14.3. The molecular formula is C25H46. The number of rotatable bonds is 18. The second kappa shape index (κ2) is 18.0. The van der Waals surface area contributed by atoms with Gasteiger partial charge in [0.25, 0.3) is 0 Å². The Morgan fingerprint density at radius 1 is 0.800 bits per heavy atom. The van der Waals surface area contributed by atoms with Crippen LogP contribution in [0.15, 0.2) is 37.0 Å². The van der Waals surface area contributed by atoms with E-state index in [0.29, 0.717) is 0 Å². The molecule has 2 unspecified atom stereocenters. The summed E-state index contributed by atoms with van der Waals surface area (Å²) >= 11 is 0. The zero-order valence-corrected chi connectivity index (χ0v) is 17.7. The maximum atomic E-state index is 3.90. The lowest BCUT2D eigenvalue weighted by Gasteiger charge is -2.15. The fourth-order valence-electron chi connectivity index (χ4n) is 3.52. The molecule has 0 fully saturated rings. The Morgan fingerprint density at radius 2 is 1.36 bits per heavy atom. The zero-order valence-electron chi connectivity index (χ0n) is 17.7. The fourth-order valence-corrected chi connectivity index (χ4v) is 3.52. The van der Waals surface area contributed by atoms with Gasteiger partial charge in [0, 0.05) is 0 Å². The molecule has 0 heteroatoms. The summed E-state index contributed by atoms with van der Waals surface area (Å²) in [5.74, 6) is 1.50. The molecule has 0 saturated carbocycles. The standard InChI is InChI=1S/C25H46/c1-6-9-10-11-12-13-14-15-16-19-25(22-24(5)18-8-3)21-20-23(4)17-7-2/h7-8,19,23-24H,2-3,6,9-18,20-22H2,1,4-5H3. The minimum atomic E-state index is 0.733. The largest absolute Gasteiger partial charge is 0.103 e. The van der Waals surface area contributed by atoms with Crippen molar-refractivity contribution >= 4 is 0 Å².